The van der Waals surface area contributed by atoms with E-state index in [0.29, 0.717) is 6.54 Å². The van der Waals surface area contributed by atoms with Crippen molar-refractivity contribution in [1.82, 2.24) is 15.3 Å². The highest BCUT2D eigenvalue weighted by atomic mass is 16.2. The molecule has 1 fully saturated rings. The summed E-state index contributed by atoms with van der Waals surface area (Å²) in [5.74, 6) is 1.88. The first-order valence-electron chi connectivity index (χ1n) is 7.84. The van der Waals surface area contributed by atoms with Crippen LogP contribution in [0.5, 0.6) is 0 Å². The maximum absolute atomic E-state index is 12.1. The molecule has 6 nitrogen and oxygen atoms in total. The van der Waals surface area contributed by atoms with E-state index in [1.807, 2.05) is 6.92 Å². The molecule has 6 heteroatoms. The average Bonchev–Trinajstić information content (AvgIpc) is 2.52. The van der Waals surface area contributed by atoms with Crippen LogP contribution >= 0.6 is 0 Å². The van der Waals surface area contributed by atoms with Crippen LogP contribution in [-0.2, 0) is 11.2 Å². The molecule has 0 bridgehead atoms. The fourth-order valence-electron chi connectivity index (χ4n) is 2.75. The molecule has 1 aliphatic rings. The van der Waals surface area contributed by atoms with Gasteiger partial charge in [-0.1, -0.05) is 20.8 Å². The summed E-state index contributed by atoms with van der Waals surface area (Å²) in [7, 11) is 0. The Morgan fingerprint density at radius 2 is 2.19 bits per heavy atom. The highest BCUT2D eigenvalue weighted by Gasteiger charge is 2.30. The number of hydrogen-bond acceptors (Lipinski definition) is 5. The van der Waals surface area contributed by atoms with Crippen LogP contribution in [0.25, 0.3) is 0 Å². The van der Waals surface area contributed by atoms with Gasteiger partial charge in [0, 0.05) is 25.2 Å². The number of carbonyl (C=O) groups excluding carboxylic acids is 1. The third-order valence-corrected chi connectivity index (χ3v) is 3.81. The maximum atomic E-state index is 12.1. The molecule has 1 unspecified atom stereocenters. The molecule has 0 spiro atoms. The number of anilines is 2. The van der Waals surface area contributed by atoms with Crippen LogP contribution in [0.15, 0.2) is 6.33 Å². The molecular formula is C15H25N5O. The number of nitrogens with one attached hydrogen (secondary N) is 2. The molecule has 2 heterocycles. The topological polar surface area (TPSA) is 70.2 Å². The Kier molecular flexibility index (Phi) is 5.36. The molecule has 1 atom stereocenters. The second kappa shape index (κ2) is 7.24. The van der Waals surface area contributed by atoms with E-state index in [-0.39, 0.29) is 11.9 Å². The zero-order valence-electron chi connectivity index (χ0n) is 13.1. The minimum Gasteiger partial charge on any atom is -0.370 e. The van der Waals surface area contributed by atoms with Crippen LogP contribution in [0.4, 0.5) is 11.6 Å². The SMILES string of the molecule is CCCNc1ncnc(N2CCNC(=O)C2CC)c1CC. The van der Waals surface area contributed by atoms with E-state index in [4.69, 9.17) is 0 Å². The third-order valence-electron chi connectivity index (χ3n) is 3.81. The lowest BCUT2D eigenvalue weighted by Gasteiger charge is -2.36. The minimum absolute atomic E-state index is 0.0903. The minimum atomic E-state index is -0.141. The lowest BCUT2D eigenvalue weighted by Crippen LogP contribution is -2.55. The third kappa shape index (κ3) is 3.25. The van der Waals surface area contributed by atoms with Crippen molar-refractivity contribution >= 4 is 17.5 Å². The second-order valence-corrected chi connectivity index (χ2v) is 5.21. The van der Waals surface area contributed by atoms with Crippen LogP contribution in [0.2, 0.25) is 0 Å². The molecule has 0 aliphatic carbocycles. The van der Waals surface area contributed by atoms with Gasteiger partial charge in [0.05, 0.1) is 0 Å². The monoisotopic (exact) mass is 291 g/mol. The Morgan fingerprint density at radius 1 is 1.38 bits per heavy atom. The number of amides is 1. The summed E-state index contributed by atoms with van der Waals surface area (Å²) in [6.45, 7) is 8.61. The van der Waals surface area contributed by atoms with Crippen molar-refractivity contribution < 1.29 is 4.79 Å². The van der Waals surface area contributed by atoms with Crippen LogP contribution in [-0.4, -0.2) is 41.6 Å². The first-order valence-corrected chi connectivity index (χ1v) is 7.84. The van der Waals surface area contributed by atoms with E-state index in [0.717, 1.165) is 49.6 Å². The molecule has 21 heavy (non-hydrogen) atoms. The van der Waals surface area contributed by atoms with Gasteiger partial charge < -0.3 is 15.5 Å². The fourth-order valence-corrected chi connectivity index (χ4v) is 2.75. The lowest BCUT2D eigenvalue weighted by atomic mass is 10.1. The predicted molar refractivity (Wildman–Crippen MR) is 84.6 cm³/mol. The summed E-state index contributed by atoms with van der Waals surface area (Å²) in [5.41, 5.74) is 1.10. The zero-order chi connectivity index (χ0) is 15.2. The highest BCUT2D eigenvalue weighted by Crippen LogP contribution is 2.27. The zero-order valence-corrected chi connectivity index (χ0v) is 13.1. The van der Waals surface area contributed by atoms with Crippen molar-refractivity contribution in [2.75, 3.05) is 29.9 Å². The lowest BCUT2D eigenvalue weighted by molar-refractivity contribution is -0.123. The Bertz CT molecular complexity index is 491. The van der Waals surface area contributed by atoms with Crippen molar-refractivity contribution in [2.45, 2.75) is 46.1 Å². The number of piperazine rings is 1. The molecule has 1 aliphatic heterocycles. The Morgan fingerprint density at radius 3 is 2.86 bits per heavy atom. The summed E-state index contributed by atoms with van der Waals surface area (Å²) in [4.78, 5) is 23.0. The van der Waals surface area contributed by atoms with Crippen LogP contribution in [0.3, 0.4) is 0 Å². The first-order chi connectivity index (χ1) is 10.2. The van der Waals surface area contributed by atoms with E-state index in [9.17, 15) is 4.79 Å². The van der Waals surface area contributed by atoms with Gasteiger partial charge in [0.15, 0.2) is 0 Å². The molecule has 0 saturated carbocycles. The van der Waals surface area contributed by atoms with Crippen molar-refractivity contribution in [3.63, 3.8) is 0 Å². The van der Waals surface area contributed by atoms with E-state index in [1.165, 1.54) is 0 Å². The van der Waals surface area contributed by atoms with Crippen molar-refractivity contribution in [3.8, 4) is 0 Å². The van der Waals surface area contributed by atoms with Crippen LogP contribution < -0.4 is 15.5 Å². The van der Waals surface area contributed by atoms with Crippen LogP contribution in [0.1, 0.15) is 39.2 Å². The largest absolute Gasteiger partial charge is 0.370 e. The van der Waals surface area contributed by atoms with Crippen molar-refractivity contribution in [1.29, 1.82) is 0 Å². The van der Waals surface area contributed by atoms with Gasteiger partial charge in [-0.2, -0.15) is 0 Å². The fraction of sp³-hybridized carbons (Fsp3) is 0.667. The highest BCUT2D eigenvalue weighted by molar-refractivity contribution is 5.86. The van der Waals surface area contributed by atoms with Gasteiger partial charge in [0.25, 0.3) is 0 Å². The van der Waals surface area contributed by atoms with Gasteiger partial charge in [-0.25, -0.2) is 9.97 Å². The summed E-state index contributed by atoms with van der Waals surface area (Å²) < 4.78 is 0. The summed E-state index contributed by atoms with van der Waals surface area (Å²) in [5, 5.41) is 6.29. The first kappa shape index (κ1) is 15.5. The standard InChI is InChI=1S/C15H25N5O/c1-4-7-16-13-11(5-2)14(19-10-18-13)20-9-8-17-15(21)12(20)6-3/h10,12H,4-9H2,1-3H3,(H,17,21)(H,16,18,19). The number of aromatic nitrogens is 2. The Labute approximate surface area is 126 Å². The van der Waals surface area contributed by atoms with E-state index < -0.39 is 0 Å². The Balaban J connectivity index is 2.35. The summed E-state index contributed by atoms with van der Waals surface area (Å²) in [6.07, 6.45) is 4.26. The van der Waals surface area contributed by atoms with Gasteiger partial charge in [-0.15, -0.1) is 0 Å². The molecule has 2 rings (SSSR count). The molecular weight excluding hydrogens is 266 g/mol. The van der Waals surface area contributed by atoms with Crippen molar-refractivity contribution in [2.24, 2.45) is 0 Å². The van der Waals surface area contributed by atoms with Crippen molar-refractivity contribution in [3.05, 3.63) is 11.9 Å². The summed E-state index contributed by atoms with van der Waals surface area (Å²) >= 11 is 0. The number of nitrogens with zero attached hydrogens (tertiary/aromatic N) is 3. The van der Waals surface area contributed by atoms with Gasteiger partial charge in [0.2, 0.25) is 5.91 Å². The normalized spacial score (nSPS) is 18.5. The Hall–Kier alpha value is -1.85. The number of carbonyl (C=O) groups is 1. The average molecular weight is 291 g/mol. The predicted octanol–water partition coefficient (Wildman–Crippen LogP) is 1.58. The summed E-state index contributed by atoms with van der Waals surface area (Å²) in [6, 6.07) is -0.141. The van der Waals surface area contributed by atoms with E-state index in [2.05, 4.69) is 39.3 Å². The number of hydrogen-bond donors (Lipinski definition) is 2. The molecule has 2 N–H and O–H groups in total. The van der Waals surface area contributed by atoms with E-state index >= 15 is 0 Å². The molecule has 1 aromatic rings. The van der Waals surface area contributed by atoms with Gasteiger partial charge >= 0.3 is 0 Å². The van der Waals surface area contributed by atoms with Gasteiger partial charge in [-0.05, 0) is 19.3 Å². The van der Waals surface area contributed by atoms with E-state index in [1.54, 1.807) is 6.33 Å². The maximum Gasteiger partial charge on any atom is 0.242 e. The van der Waals surface area contributed by atoms with Crippen LogP contribution in [0, 0.1) is 0 Å². The molecule has 0 radical (unpaired) electrons. The molecule has 1 aromatic heterocycles. The smallest absolute Gasteiger partial charge is 0.242 e. The quantitative estimate of drug-likeness (QED) is 0.832. The number of rotatable bonds is 6. The second-order valence-electron chi connectivity index (χ2n) is 5.21. The molecule has 116 valence electrons. The van der Waals surface area contributed by atoms with Gasteiger partial charge in [-0.3, -0.25) is 4.79 Å². The molecule has 0 aromatic carbocycles. The molecule has 1 saturated heterocycles. The molecule has 1 amide bonds. The van der Waals surface area contributed by atoms with Gasteiger partial charge in [0.1, 0.15) is 24.0 Å².